The molecule has 1 aromatic carbocycles. The van der Waals surface area contributed by atoms with E-state index in [-0.39, 0.29) is 10.5 Å². The van der Waals surface area contributed by atoms with Crippen LogP contribution in [0.2, 0.25) is 0 Å². The van der Waals surface area contributed by atoms with Crippen LogP contribution in [0.3, 0.4) is 0 Å². The molecule has 0 fully saturated rings. The van der Waals surface area contributed by atoms with Gasteiger partial charge in [-0.15, -0.1) is 6.58 Å². The molecule has 0 unspecified atom stereocenters. The SMILES string of the molecule is C=CCN(CC)c1ccc(S(=O)(=O)N(C)C)cc1C(=O)O. The van der Waals surface area contributed by atoms with Gasteiger partial charge in [0, 0.05) is 27.2 Å². The number of carbonyl (C=O) groups is 1. The molecular weight excluding hydrogens is 292 g/mol. The molecule has 0 saturated heterocycles. The van der Waals surface area contributed by atoms with E-state index in [2.05, 4.69) is 6.58 Å². The largest absolute Gasteiger partial charge is 0.478 e. The lowest BCUT2D eigenvalue weighted by Gasteiger charge is -2.24. The number of benzene rings is 1. The third kappa shape index (κ3) is 3.62. The molecule has 1 aromatic rings. The summed E-state index contributed by atoms with van der Waals surface area (Å²) in [5, 5.41) is 9.35. The second-order valence-corrected chi connectivity index (χ2v) is 6.75. The van der Waals surface area contributed by atoms with Gasteiger partial charge in [-0.1, -0.05) is 6.08 Å². The summed E-state index contributed by atoms with van der Waals surface area (Å²) >= 11 is 0. The van der Waals surface area contributed by atoms with E-state index in [1.54, 1.807) is 6.08 Å². The van der Waals surface area contributed by atoms with Gasteiger partial charge in [-0.25, -0.2) is 17.5 Å². The summed E-state index contributed by atoms with van der Waals surface area (Å²) < 4.78 is 25.2. The summed E-state index contributed by atoms with van der Waals surface area (Å²) in [5.41, 5.74) is 0.434. The van der Waals surface area contributed by atoms with E-state index >= 15 is 0 Å². The van der Waals surface area contributed by atoms with Crippen molar-refractivity contribution in [3.05, 3.63) is 36.4 Å². The Kier molecular flexibility index (Phi) is 5.51. The standard InChI is InChI=1S/C14H20N2O4S/c1-5-9-16(6-2)13-8-7-11(10-12(13)14(17)18)21(19,20)15(3)4/h5,7-8,10H,1,6,9H2,2-4H3,(H,17,18). The van der Waals surface area contributed by atoms with Gasteiger partial charge >= 0.3 is 5.97 Å². The van der Waals surface area contributed by atoms with E-state index in [9.17, 15) is 18.3 Å². The highest BCUT2D eigenvalue weighted by Gasteiger charge is 2.22. The summed E-state index contributed by atoms with van der Waals surface area (Å²) in [6, 6.07) is 4.13. The smallest absolute Gasteiger partial charge is 0.337 e. The molecule has 21 heavy (non-hydrogen) atoms. The van der Waals surface area contributed by atoms with Crippen molar-refractivity contribution in [2.75, 3.05) is 32.1 Å². The first-order valence-electron chi connectivity index (χ1n) is 6.41. The normalized spacial score (nSPS) is 11.4. The lowest BCUT2D eigenvalue weighted by atomic mass is 10.1. The maximum Gasteiger partial charge on any atom is 0.337 e. The summed E-state index contributed by atoms with van der Waals surface area (Å²) in [7, 11) is -0.858. The molecule has 0 atom stereocenters. The zero-order chi connectivity index (χ0) is 16.2. The van der Waals surface area contributed by atoms with E-state index < -0.39 is 16.0 Å². The molecule has 1 rings (SSSR count). The first-order chi connectivity index (χ1) is 9.75. The van der Waals surface area contributed by atoms with Crippen LogP contribution >= 0.6 is 0 Å². The number of hydrogen-bond donors (Lipinski definition) is 1. The summed E-state index contributed by atoms with van der Waals surface area (Å²) in [4.78, 5) is 13.2. The first kappa shape index (κ1) is 17.2. The van der Waals surface area contributed by atoms with Crippen molar-refractivity contribution in [3.8, 4) is 0 Å². The van der Waals surface area contributed by atoms with Crippen molar-refractivity contribution in [2.24, 2.45) is 0 Å². The highest BCUT2D eigenvalue weighted by atomic mass is 32.2. The third-order valence-corrected chi connectivity index (χ3v) is 4.86. The lowest BCUT2D eigenvalue weighted by Crippen LogP contribution is -2.26. The fraction of sp³-hybridized carbons (Fsp3) is 0.357. The van der Waals surface area contributed by atoms with E-state index in [4.69, 9.17) is 0 Å². The Balaban J connectivity index is 3.45. The van der Waals surface area contributed by atoms with Gasteiger partial charge in [0.25, 0.3) is 0 Å². The number of rotatable bonds is 7. The Hall–Kier alpha value is -1.86. The van der Waals surface area contributed by atoms with Crippen LogP contribution in [0.25, 0.3) is 0 Å². The number of nitrogens with zero attached hydrogens (tertiary/aromatic N) is 2. The van der Waals surface area contributed by atoms with E-state index in [0.717, 1.165) is 4.31 Å². The molecule has 0 bridgehead atoms. The van der Waals surface area contributed by atoms with Crippen LogP contribution in [-0.2, 0) is 10.0 Å². The number of carboxylic acid groups (broad SMARTS) is 1. The van der Waals surface area contributed by atoms with Gasteiger partial charge in [0.1, 0.15) is 0 Å². The minimum absolute atomic E-state index is 0.0386. The lowest BCUT2D eigenvalue weighted by molar-refractivity contribution is 0.0697. The average molecular weight is 312 g/mol. The minimum Gasteiger partial charge on any atom is -0.478 e. The molecular formula is C14H20N2O4S. The first-order valence-corrected chi connectivity index (χ1v) is 7.85. The zero-order valence-corrected chi connectivity index (χ0v) is 13.2. The van der Waals surface area contributed by atoms with Gasteiger partial charge in [-0.3, -0.25) is 0 Å². The predicted octanol–water partition coefficient (Wildman–Crippen LogP) is 1.65. The Labute approximate surface area is 125 Å². The van der Waals surface area contributed by atoms with Crippen molar-refractivity contribution in [2.45, 2.75) is 11.8 Å². The highest BCUT2D eigenvalue weighted by molar-refractivity contribution is 7.89. The van der Waals surface area contributed by atoms with Crippen LogP contribution in [0.1, 0.15) is 17.3 Å². The summed E-state index contributed by atoms with van der Waals surface area (Å²) in [5.74, 6) is -1.16. The highest BCUT2D eigenvalue weighted by Crippen LogP contribution is 2.25. The molecule has 0 aliphatic carbocycles. The Morgan fingerprint density at radius 1 is 1.38 bits per heavy atom. The second-order valence-electron chi connectivity index (χ2n) is 4.60. The molecule has 0 aliphatic rings. The molecule has 116 valence electrons. The van der Waals surface area contributed by atoms with Gasteiger partial charge in [-0.05, 0) is 25.1 Å². The fourth-order valence-corrected chi connectivity index (χ4v) is 2.82. The van der Waals surface area contributed by atoms with Crippen LogP contribution in [-0.4, -0.2) is 51.0 Å². The van der Waals surface area contributed by atoms with E-state index in [1.807, 2.05) is 11.8 Å². The number of carboxylic acids is 1. The molecule has 7 heteroatoms. The van der Waals surface area contributed by atoms with Crippen LogP contribution in [0.5, 0.6) is 0 Å². The average Bonchev–Trinajstić information content (AvgIpc) is 2.43. The van der Waals surface area contributed by atoms with Gasteiger partial charge in [0.15, 0.2) is 0 Å². The maximum atomic E-state index is 12.1. The minimum atomic E-state index is -3.66. The summed E-state index contributed by atoms with van der Waals surface area (Å²) in [6.07, 6.45) is 1.67. The van der Waals surface area contributed by atoms with Crippen molar-refractivity contribution >= 4 is 21.7 Å². The van der Waals surface area contributed by atoms with Gasteiger partial charge in [0.05, 0.1) is 16.1 Å². The number of aromatic carboxylic acids is 1. The number of hydrogen-bond acceptors (Lipinski definition) is 4. The van der Waals surface area contributed by atoms with Crippen LogP contribution in [0.4, 0.5) is 5.69 Å². The predicted molar refractivity (Wildman–Crippen MR) is 82.4 cm³/mol. The quantitative estimate of drug-likeness (QED) is 0.775. The molecule has 0 aromatic heterocycles. The topological polar surface area (TPSA) is 77.9 Å². The van der Waals surface area contributed by atoms with Gasteiger partial charge < -0.3 is 10.0 Å². The van der Waals surface area contributed by atoms with E-state index in [0.29, 0.717) is 18.8 Å². The monoisotopic (exact) mass is 312 g/mol. The maximum absolute atomic E-state index is 12.1. The molecule has 0 saturated carbocycles. The molecule has 6 nitrogen and oxygen atoms in total. The number of likely N-dealkylation sites (N-methyl/N-ethyl adjacent to an activating group) is 1. The van der Waals surface area contributed by atoms with Crippen LogP contribution in [0.15, 0.2) is 35.7 Å². The summed E-state index contributed by atoms with van der Waals surface area (Å²) in [6.45, 7) is 6.60. The third-order valence-electron chi connectivity index (χ3n) is 3.05. The van der Waals surface area contributed by atoms with Gasteiger partial charge in [-0.2, -0.15) is 0 Å². The molecule has 1 N–H and O–H groups in total. The van der Waals surface area contributed by atoms with Crippen molar-refractivity contribution in [3.63, 3.8) is 0 Å². The molecule has 0 radical (unpaired) electrons. The van der Waals surface area contributed by atoms with Crippen molar-refractivity contribution < 1.29 is 18.3 Å². The Morgan fingerprint density at radius 2 is 2.00 bits per heavy atom. The number of anilines is 1. The van der Waals surface area contributed by atoms with Crippen LogP contribution in [0, 0.1) is 0 Å². The molecule has 0 amide bonds. The Morgan fingerprint density at radius 3 is 2.43 bits per heavy atom. The molecule has 0 aliphatic heterocycles. The van der Waals surface area contributed by atoms with Gasteiger partial charge in [0.2, 0.25) is 10.0 Å². The Bertz CT molecular complexity index is 638. The molecule has 0 heterocycles. The second kappa shape index (κ2) is 6.73. The molecule has 0 spiro atoms. The van der Waals surface area contributed by atoms with Crippen molar-refractivity contribution in [1.29, 1.82) is 0 Å². The number of sulfonamides is 1. The fourth-order valence-electron chi connectivity index (χ4n) is 1.89. The van der Waals surface area contributed by atoms with Crippen molar-refractivity contribution in [1.82, 2.24) is 4.31 Å². The zero-order valence-electron chi connectivity index (χ0n) is 12.4. The van der Waals surface area contributed by atoms with E-state index in [1.165, 1.54) is 32.3 Å². The van der Waals surface area contributed by atoms with Crippen LogP contribution < -0.4 is 4.90 Å².